The maximum atomic E-state index is 5.94. The normalized spacial score (nSPS) is 10.7. The van der Waals surface area contributed by atoms with Gasteiger partial charge < -0.3 is 10.5 Å². The van der Waals surface area contributed by atoms with Crippen molar-refractivity contribution in [3.8, 4) is 11.4 Å². The predicted octanol–water partition coefficient (Wildman–Crippen LogP) is 2.49. The van der Waals surface area contributed by atoms with Crippen molar-refractivity contribution in [2.45, 2.75) is 20.5 Å². The standard InChI is InChI=1S/C13H15IN4O/c1-7-4-9(5-8(2)16-7)13-17-10(6-19-3)11(14)12(15)18-13/h4-5H,6H2,1-3H3,(H2,15,17,18). The van der Waals surface area contributed by atoms with Crippen LogP contribution in [0.2, 0.25) is 0 Å². The second-order valence-electron chi connectivity index (χ2n) is 4.26. The average molecular weight is 370 g/mol. The molecule has 5 nitrogen and oxygen atoms in total. The van der Waals surface area contributed by atoms with Crippen molar-refractivity contribution in [1.29, 1.82) is 0 Å². The first-order valence-corrected chi connectivity index (χ1v) is 6.85. The molecule has 0 aromatic carbocycles. The van der Waals surface area contributed by atoms with Gasteiger partial charge in [0.05, 0.1) is 15.9 Å². The summed E-state index contributed by atoms with van der Waals surface area (Å²) in [7, 11) is 1.63. The number of hydrogen-bond acceptors (Lipinski definition) is 5. The summed E-state index contributed by atoms with van der Waals surface area (Å²) in [6.45, 7) is 4.31. The Labute approximate surface area is 125 Å². The Balaban J connectivity index is 2.55. The van der Waals surface area contributed by atoms with Gasteiger partial charge in [0.1, 0.15) is 5.82 Å². The quantitative estimate of drug-likeness (QED) is 0.841. The van der Waals surface area contributed by atoms with E-state index < -0.39 is 0 Å². The Hall–Kier alpha value is -1.28. The largest absolute Gasteiger partial charge is 0.383 e. The second kappa shape index (κ2) is 5.79. The number of nitrogens with zero attached hydrogens (tertiary/aromatic N) is 3. The fourth-order valence-corrected chi connectivity index (χ4v) is 2.23. The van der Waals surface area contributed by atoms with Crippen LogP contribution in [0.25, 0.3) is 11.4 Å². The summed E-state index contributed by atoms with van der Waals surface area (Å²) in [6.07, 6.45) is 0. The first-order chi connectivity index (χ1) is 9.01. The molecular weight excluding hydrogens is 355 g/mol. The van der Waals surface area contributed by atoms with E-state index in [0.29, 0.717) is 18.2 Å². The number of nitrogen functional groups attached to an aromatic ring is 1. The van der Waals surface area contributed by atoms with E-state index in [1.165, 1.54) is 0 Å². The molecule has 0 spiro atoms. The van der Waals surface area contributed by atoms with E-state index in [1.54, 1.807) is 7.11 Å². The van der Waals surface area contributed by atoms with Gasteiger partial charge in [-0.1, -0.05) is 0 Å². The Bertz CT molecular complexity index is 596. The molecule has 100 valence electrons. The van der Waals surface area contributed by atoms with Gasteiger partial charge in [0, 0.05) is 24.1 Å². The molecule has 0 saturated heterocycles. The molecule has 6 heteroatoms. The summed E-state index contributed by atoms with van der Waals surface area (Å²) in [6, 6.07) is 3.90. The first kappa shape index (κ1) is 14.1. The molecule has 0 fully saturated rings. The van der Waals surface area contributed by atoms with Crippen molar-refractivity contribution < 1.29 is 4.74 Å². The molecule has 0 aliphatic heterocycles. The highest BCUT2D eigenvalue weighted by Crippen LogP contribution is 2.23. The van der Waals surface area contributed by atoms with Gasteiger partial charge in [0.2, 0.25) is 0 Å². The van der Waals surface area contributed by atoms with Crippen LogP contribution >= 0.6 is 22.6 Å². The highest BCUT2D eigenvalue weighted by Gasteiger charge is 2.12. The molecule has 2 heterocycles. The topological polar surface area (TPSA) is 73.9 Å². The Kier molecular flexibility index (Phi) is 4.31. The third kappa shape index (κ3) is 3.19. The number of aromatic nitrogens is 3. The zero-order valence-corrected chi connectivity index (χ0v) is 13.2. The molecule has 0 amide bonds. The van der Waals surface area contributed by atoms with Gasteiger partial charge in [-0.15, -0.1) is 0 Å². The van der Waals surface area contributed by atoms with Crippen LogP contribution < -0.4 is 5.73 Å². The fourth-order valence-electron chi connectivity index (χ4n) is 1.84. The summed E-state index contributed by atoms with van der Waals surface area (Å²) in [4.78, 5) is 13.2. The maximum Gasteiger partial charge on any atom is 0.162 e. The van der Waals surface area contributed by atoms with E-state index in [9.17, 15) is 0 Å². The third-order valence-corrected chi connectivity index (χ3v) is 3.74. The molecule has 0 aliphatic rings. The number of anilines is 1. The number of rotatable bonds is 3. The number of nitrogens with two attached hydrogens (primary N) is 1. The summed E-state index contributed by atoms with van der Waals surface area (Å²) >= 11 is 2.14. The Morgan fingerprint density at radius 2 is 1.79 bits per heavy atom. The lowest BCUT2D eigenvalue weighted by Crippen LogP contribution is -2.06. The van der Waals surface area contributed by atoms with Gasteiger partial charge in [-0.25, -0.2) is 9.97 Å². The van der Waals surface area contributed by atoms with Gasteiger partial charge in [-0.3, -0.25) is 4.98 Å². The summed E-state index contributed by atoms with van der Waals surface area (Å²) in [5.41, 5.74) is 9.53. The number of methoxy groups -OCH3 is 1. The van der Waals surface area contributed by atoms with Crippen LogP contribution in [0.5, 0.6) is 0 Å². The summed E-state index contributed by atoms with van der Waals surface area (Å²) in [5, 5.41) is 0. The zero-order chi connectivity index (χ0) is 14.0. The number of halogens is 1. The molecule has 0 bridgehead atoms. The van der Waals surface area contributed by atoms with E-state index in [1.807, 2.05) is 26.0 Å². The lowest BCUT2D eigenvalue weighted by atomic mass is 10.2. The van der Waals surface area contributed by atoms with Crippen molar-refractivity contribution in [3.63, 3.8) is 0 Å². The summed E-state index contributed by atoms with van der Waals surface area (Å²) in [5.74, 6) is 1.09. The van der Waals surface area contributed by atoms with Crippen LogP contribution in [0.4, 0.5) is 5.82 Å². The fraction of sp³-hybridized carbons (Fsp3) is 0.308. The van der Waals surface area contributed by atoms with Gasteiger partial charge >= 0.3 is 0 Å². The molecule has 2 rings (SSSR count). The molecule has 2 N–H and O–H groups in total. The minimum absolute atomic E-state index is 0.418. The van der Waals surface area contributed by atoms with Crippen LogP contribution in [0, 0.1) is 17.4 Å². The van der Waals surface area contributed by atoms with Gasteiger partial charge in [-0.2, -0.15) is 0 Å². The third-order valence-electron chi connectivity index (χ3n) is 2.57. The highest BCUT2D eigenvalue weighted by molar-refractivity contribution is 14.1. The monoisotopic (exact) mass is 370 g/mol. The molecule has 0 radical (unpaired) electrons. The summed E-state index contributed by atoms with van der Waals surface area (Å²) < 4.78 is 5.98. The first-order valence-electron chi connectivity index (χ1n) is 5.77. The van der Waals surface area contributed by atoms with Crippen molar-refractivity contribution in [1.82, 2.24) is 15.0 Å². The van der Waals surface area contributed by atoms with Crippen molar-refractivity contribution in [3.05, 3.63) is 32.8 Å². The molecule has 0 unspecified atom stereocenters. The molecule has 0 atom stereocenters. The lowest BCUT2D eigenvalue weighted by Gasteiger charge is -2.09. The molecule has 0 aliphatic carbocycles. The van der Waals surface area contributed by atoms with Crippen LogP contribution in [-0.2, 0) is 11.3 Å². The molecule has 2 aromatic rings. The lowest BCUT2D eigenvalue weighted by molar-refractivity contribution is 0.181. The average Bonchev–Trinajstić information content (AvgIpc) is 2.33. The smallest absolute Gasteiger partial charge is 0.162 e. The van der Waals surface area contributed by atoms with Crippen molar-refractivity contribution in [2.24, 2.45) is 0 Å². The van der Waals surface area contributed by atoms with Crippen LogP contribution in [0.15, 0.2) is 12.1 Å². The van der Waals surface area contributed by atoms with Crippen molar-refractivity contribution in [2.75, 3.05) is 12.8 Å². The Morgan fingerprint density at radius 1 is 1.16 bits per heavy atom. The van der Waals surface area contributed by atoms with E-state index in [2.05, 4.69) is 37.5 Å². The van der Waals surface area contributed by atoms with Crippen LogP contribution in [-0.4, -0.2) is 22.1 Å². The molecule has 2 aromatic heterocycles. The number of aryl methyl sites for hydroxylation is 2. The van der Waals surface area contributed by atoms with E-state index in [-0.39, 0.29) is 0 Å². The zero-order valence-electron chi connectivity index (χ0n) is 11.1. The SMILES string of the molecule is COCc1nc(-c2cc(C)nc(C)c2)nc(N)c1I. The number of pyridine rings is 1. The highest BCUT2D eigenvalue weighted by atomic mass is 127. The predicted molar refractivity (Wildman–Crippen MR) is 82.6 cm³/mol. The van der Waals surface area contributed by atoms with E-state index in [0.717, 1.165) is 26.2 Å². The molecular formula is C13H15IN4O. The maximum absolute atomic E-state index is 5.94. The van der Waals surface area contributed by atoms with Gasteiger partial charge in [0.25, 0.3) is 0 Å². The Morgan fingerprint density at radius 3 is 2.37 bits per heavy atom. The van der Waals surface area contributed by atoms with Gasteiger partial charge in [0.15, 0.2) is 5.82 Å². The number of ether oxygens (including phenoxy) is 1. The van der Waals surface area contributed by atoms with Crippen LogP contribution in [0.1, 0.15) is 17.1 Å². The second-order valence-corrected chi connectivity index (χ2v) is 5.34. The number of hydrogen-bond donors (Lipinski definition) is 1. The van der Waals surface area contributed by atoms with E-state index in [4.69, 9.17) is 10.5 Å². The van der Waals surface area contributed by atoms with Crippen molar-refractivity contribution >= 4 is 28.4 Å². The molecule has 19 heavy (non-hydrogen) atoms. The minimum atomic E-state index is 0.418. The molecule has 0 saturated carbocycles. The van der Waals surface area contributed by atoms with Crippen LogP contribution in [0.3, 0.4) is 0 Å². The minimum Gasteiger partial charge on any atom is -0.383 e. The van der Waals surface area contributed by atoms with Gasteiger partial charge in [-0.05, 0) is 48.6 Å². The van der Waals surface area contributed by atoms with E-state index >= 15 is 0 Å².